The van der Waals surface area contributed by atoms with Crippen molar-refractivity contribution in [3.8, 4) is 11.4 Å². The van der Waals surface area contributed by atoms with Crippen LogP contribution < -0.4 is 10.1 Å². The second-order valence-electron chi connectivity index (χ2n) is 7.82. The minimum Gasteiger partial charge on any atom is -0.497 e. The number of hydrogen-bond donors (Lipinski definition) is 1. The lowest BCUT2D eigenvalue weighted by atomic mass is 10.1. The maximum atomic E-state index is 5.65. The van der Waals surface area contributed by atoms with Gasteiger partial charge < -0.3 is 15.0 Å². The molecule has 0 aliphatic carbocycles. The molecule has 2 heterocycles. The van der Waals surface area contributed by atoms with E-state index in [9.17, 15) is 0 Å². The standard InChI is InChI=1S/C24H29N5OS/c1-18-23(19(2)29(26-18)21-9-5-4-6-10-21)17-27-12-14-28(15-13-27)24(31)25-20-8-7-11-22(16-20)30-3/h4-11,16H,12-15,17H2,1-3H3,(H,25,31). The van der Waals surface area contributed by atoms with Gasteiger partial charge in [-0.1, -0.05) is 24.3 Å². The quantitative estimate of drug-likeness (QED) is 0.611. The van der Waals surface area contributed by atoms with Crippen molar-refractivity contribution in [1.29, 1.82) is 0 Å². The van der Waals surface area contributed by atoms with E-state index in [1.165, 1.54) is 11.3 Å². The molecule has 0 spiro atoms. The first-order valence-corrected chi connectivity index (χ1v) is 11.0. The Balaban J connectivity index is 1.35. The summed E-state index contributed by atoms with van der Waals surface area (Å²) in [4.78, 5) is 4.72. The van der Waals surface area contributed by atoms with Crippen LogP contribution in [0.15, 0.2) is 54.6 Å². The molecule has 1 aliphatic heterocycles. The van der Waals surface area contributed by atoms with E-state index < -0.39 is 0 Å². The predicted octanol–water partition coefficient (Wildman–Crippen LogP) is 4.01. The summed E-state index contributed by atoms with van der Waals surface area (Å²) < 4.78 is 7.34. The fourth-order valence-corrected chi connectivity index (χ4v) is 4.26. The Morgan fingerprint density at radius 1 is 1.03 bits per heavy atom. The van der Waals surface area contributed by atoms with Crippen molar-refractivity contribution in [2.45, 2.75) is 20.4 Å². The molecule has 31 heavy (non-hydrogen) atoms. The second-order valence-corrected chi connectivity index (χ2v) is 8.21. The summed E-state index contributed by atoms with van der Waals surface area (Å²) in [5.74, 6) is 0.819. The molecule has 0 atom stereocenters. The third kappa shape index (κ3) is 4.89. The van der Waals surface area contributed by atoms with Gasteiger partial charge in [0.25, 0.3) is 0 Å². The normalized spacial score (nSPS) is 14.5. The summed E-state index contributed by atoms with van der Waals surface area (Å²) in [6, 6.07) is 18.2. The molecule has 1 aromatic heterocycles. The van der Waals surface area contributed by atoms with Gasteiger partial charge in [-0.05, 0) is 50.3 Å². The summed E-state index contributed by atoms with van der Waals surface area (Å²) >= 11 is 5.65. The topological polar surface area (TPSA) is 45.6 Å². The number of nitrogens with one attached hydrogen (secondary N) is 1. The van der Waals surface area contributed by atoms with Crippen LogP contribution in [0.4, 0.5) is 5.69 Å². The monoisotopic (exact) mass is 435 g/mol. The molecule has 1 saturated heterocycles. The third-order valence-electron chi connectivity index (χ3n) is 5.80. The van der Waals surface area contributed by atoms with Gasteiger partial charge in [-0.3, -0.25) is 4.90 Å². The molecule has 162 valence electrons. The first-order valence-electron chi connectivity index (χ1n) is 10.6. The molecule has 6 nitrogen and oxygen atoms in total. The molecular weight excluding hydrogens is 406 g/mol. The van der Waals surface area contributed by atoms with Crippen LogP contribution in [-0.4, -0.2) is 58.0 Å². The molecule has 1 fully saturated rings. The van der Waals surface area contributed by atoms with E-state index in [0.717, 1.165) is 60.7 Å². The van der Waals surface area contributed by atoms with E-state index in [0.29, 0.717) is 0 Å². The molecule has 4 rings (SSSR count). The molecule has 1 aliphatic rings. The Bertz CT molecular complexity index is 1040. The van der Waals surface area contributed by atoms with E-state index in [1.54, 1.807) is 7.11 Å². The maximum Gasteiger partial charge on any atom is 0.173 e. The van der Waals surface area contributed by atoms with Crippen LogP contribution in [0.25, 0.3) is 5.69 Å². The molecule has 7 heteroatoms. The highest BCUT2D eigenvalue weighted by Gasteiger charge is 2.22. The molecule has 3 aromatic rings. The molecule has 1 N–H and O–H groups in total. The van der Waals surface area contributed by atoms with E-state index in [4.69, 9.17) is 22.1 Å². The minimum absolute atomic E-state index is 0.761. The second kappa shape index (κ2) is 9.49. The number of piperazine rings is 1. The number of ether oxygens (including phenoxy) is 1. The highest BCUT2D eigenvalue weighted by Crippen LogP contribution is 2.21. The summed E-state index contributed by atoms with van der Waals surface area (Å²) in [6.45, 7) is 8.91. The Morgan fingerprint density at radius 2 is 1.77 bits per heavy atom. The zero-order valence-corrected chi connectivity index (χ0v) is 19.2. The van der Waals surface area contributed by atoms with Crippen molar-refractivity contribution in [1.82, 2.24) is 19.6 Å². The van der Waals surface area contributed by atoms with Gasteiger partial charge in [-0.15, -0.1) is 0 Å². The van der Waals surface area contributed by atoms with E-state index in [2.05, 4.69) is 41.1 Å². The zero-order chi connectivity index (χ0) is 21.8. The van der Waals surface area contributed by atoms with Crippen LogP contribution in [0, 0.1) is 13.8 Å². The first kappa shape index (κ1) is 21.3. The van der Waals surface area contributed by atoms with Crippen molar-refractivity contribution in [3.63, 3.8) is 0 Å². The molecule has 0 saturated carbocycles. The summed E-state index contributed by atoms with van der Waals surface area (Å²) in [5.41, 5.74) is 5.68. The van der Waals surface area contributed by atoms with Gasteiger partial charge in [0.05, 0.1) is 18.5 Å². The number of nitrogens with zero attached hydrogens (tertiary/aromatic N) is 4. The Hall–Kier alpha value is -2.90. The number of hydrogen-bond acceptors (Lipinski definition) is 4. The van der Waals surface area contributed by atoms with Gasteiger partial charge in [0.15, 0.2) is 5.11 Å². The van der Waals surface area contributed by atoms with Gasteiger partial charge in [0.1, 0.15) is 5.75 Å². The van der Waals surface area contributed by atoms with Crippen LogP contribution in [0.5, 0.6) is 5.75 Å². The maximum absolute atomic E-state index is 5.65. The number of anilines is 1. The van der Waals surface area contributed by atoms with Crippen molar-refractivity contribution >= 4 is 23.0 Å². The SMILES string of the molecule is COc1cccc(NC(=S)N2CCN(Cc3c(C)nn(-c4ccccc4)c3C)CC2)c1. The summed E-state index contributed by atoms with van der Waals surface area (Å²) in [6.07, 6.45) is 0. The highest BCUT2D eigenvalue weighted by molar-refractivity contribution is 7.80. The number of methoxy groups -OCH3 is 1. The third-order valence-corrected chi connectivity index (χ3v) is 6.16. The lowest BCUT2D eigenvalue weighted by Gasteiger charge is -2.36. The van der Waals surface area contributed by atoms with E-state index >= 15 is 0 Å². The average Bonchev–Trinajstić information content (AvgIpc) is 3.08. The lowest BCUT2D eigenvalue weighted by molar-refractivity contribution is 0.176. The number of para-hydroxylation sites is 1. The molecule has 0 unspecified atom stereocenters. The van der Waals surface area contributed by atoms with Gasteiger partial charge in [-0.2, -0.15) is 5.10 Å². The fraction of sp³-hybridized carbons (Fsp3) is 0.333. The fourth-order valence-electron chi connectivity index (χ4n) is 3.96. The van der Waals surface area contributed by atoms with Crippen LogP contribution in [-0.2, 0) is 6.54 Å². The van der Waals surface area contributed by atoms with Gasteiger partial charge in [0.2, 0.25) is 0 Å². The van der Waals surface area contributed by atoms with E-state index in [-0.39, 0.29) is 0 Å². The minimum atomic E-state index is 0.761. The molecular formula is C24H29N5OS. The Kier molecular flexibility index (Phi) is 6.53. The highest BCUT2D eigenvalue weighted by atomic mass is 32.1. The van der Waals surface area contributed by atoms with Crippen molar-refractivity contribution in [3.05, 3.63) is 71.5 Å². The Labute approximate surface area is 189 Å². The number of thiocarbonyl (C=S) groups is 1. The summed E-state index contributed by atoms with van der Waals surface area (Å²) in [5, 5.41) is 8.89. The van der Waals surface area contributed by atoms with Gasteiger partial charge >= 0.3 is 0 Å². The van der Waals surface area contributed by atoms with Gasteiger partial charge in [-0.25, -0.2) is 4.68 Å². The van der Waals surface area contributed by atoms with Crippen LogP contribution in [0.3, 0.4) is 0 Å². The number of rotatable bonds is 5. The molecule has 0 radical (unpaired) electrons. The predicted molar refractivity (Wildman–Crippen MR) is 129 cm³/mol. The smallest absolute Gasteiger partial charge is 0.173 e. The molecule has 0 amide bonds. The lowest BCUT2D eigenvalue weighted by Crippen LogP contribution is -2.49. The Morgan fingerprint density at radius 3 is 2.48 bits per heavy atom. The molecule has 2 aromatic carbocycles. The number of aryl methyl sites for hydroxylation is 1. The first-order chi connectivity index (χ1) is 15.0. The van der Waals surface area contributed by atoms with Crippen LogP contribution in [0.2, 0.25) is 0 Å². The van der Waals surface area contributed by atoms with Crippen LogP contribution >= 0.6 is 12.2 Å². The zero-order valence-electron chi connectivity index (χ0n) is 18.3. The average molecular weight is 436 g/mol. The van der Waals surface area contributed by atoms with Crippen molar-refractivity contribution in [2.24, 2.45) is 0 Å². The van der Waals surface area contributed by atoms with Gasteiger partial charge in [0, 0.05) is 55.7 Å². The largest absolute Gasteiger partial charge is 0.497 e. The van der Waals surface area contributed by atoms with E-state index in [1.807, 2.05) is 47.1 Å². The van der Waals surface area contributed by atoms with Crippen molar-refractivity contribution in [2.75, 3.05) is 38.6 Å². The molecule has 0 bridgehead atoms. The van der Waals surface area contributed by atoms with Crippen molar-refractivity contribution < 1.29 is 4.74 Å². The number of benzene rings is 2. The van der Waals surface area contributed by atoms with Crippen LogP contribution in [0.1, 0.15) is 17.0 Å². The number of aromatic nitrogens is 2. The summed E-state index contributed by atoms with van der Waals surface area (Å²) in [7, 11) is 1.67.